The predicted octanol–water partition coefficient (Wildman–Crippen LogP) is 5.25. The number of amides is 1. The smallest absolute Gasteiger partial charge is 0.416 e. The van der Waals surface area contributed by atoms with E-state index in [9.17, 15) is 41.0 Å². The second-order valence-electron chi connectivity index (χ2n) is 8.63. The summed E-state index contributed by atoms with van der Waals surface area (Å²) in [7, 11) is 0. The SMILES string of the molecule is O=C1N=C(N2CC[C@H]2C(=O)O)SC1=Cc1ccc2c(cnn2Cc2ccc(C(F)(F)F)cc2C(F)(F)F)c1. The molecule has 3 heterocycles. The van der Waals surface area contributed by atoms with Gasteiger partial charge in [0, 0.05) is 11.9 Å². The number of rotatable bonds is 4. The number of carboxylic acid groups (broad SMARTS) is 1. The van der Waals surface area contributed by atoms with Crippen molar-refractivity contribution >= 4 is 45.8 Å². The number of nitrogens with zero attached hydrogens (tertiary/aromatic N) is 4. The topological polar surface area (TPSA) is 87.8 Å². The molecular weight excluding hydrogens is 538 g/mol. The molecule has 1 N–H and O–H groups in total. The van der Waals surface area contributed by atoms with E-state index in [1.807, 2.05) is 0 Å². The largest absolute Gasteiger partial charge is 0.480 e. The number of aliphatic carboxylic acids is 1. The van der Waals surface area contributed by atoms with Crippen LogP contribution in [0.15, 0.2) is 52.5 Å². The van der Waals surface area contributed by atoms with E-state index < -0.39 is 47.9 Å². The Bertz CT molecular complexity index is 1530. The third kappa shape index (κ3) is 4.87. The third-order valence-corrected chi connectivity index (χ3v) is 7.21. The number of fused-ring (bicyclic) bond motifs is 1. The number of carboxylic acids is 1. The summed E-state index contributed by atoms with van der Waals surface area (Å²) in [5.74, 6) is -1.51. The highest BCUT2D eigenvalue weighted by atomic mass is 32.2. The molecule has 198 valence electrons. The minimum Gasteiger partial charge on any atom is -0.480 e. The number of thioether (sulfide) groups is 1. The lowest BCUT2D eigenvalue weighted by atomic mass is 10.0. The molecule has 0 bridgehead atoms. The number of benzene rings is 2. The number of amidine groups is 1. The molecule has 2 aromatic carbocycles. The normalized spacial score (nSPS) is 19.3. The molecule has 0 aliphatic carbocycles. The first-order chi connectivity index (χ1) is 17.8. The molecule has 1 aromatic heterocycles. The van der Waals surface area contributed by atoms with E-state index in [0.717, 1.165) is 17.8 Å². The summed E-state index contributed by atoms with van der Waals surface area (Å²) in [5, 5.41) is 14.2. The highest BCUT2D eigenvalue weighted by Crippen LogP contribution is 2.38. The van der Waals surface area contributed by atoms with Gasteiger partial charge in [-0.1, -0.05) is 12.1 Å². The third-order valence-electron chi connectivity index (χ3n) is 6.19. The molecule has 1 atom stereocenters. The van der Waals surface area contributed by atoms with Gasteiger partial charge in [0.15, 0.2) is 5.17 Å². The Morgan fingerprint density at radius 1 is 1.11 bits per heavy atom. The van der Waals surface area contributed by atoms with E-state index in [4.69, 9.17) is 0 Å². The highest BCUT2D eigenvalue weighted by molar-refractivity contribution is 8.18. The summed E-state index contributed by atoms with van der Waals surface area (Å²) < 4.78 is 80.7. The molecule has 1 amide bonds. The number of hydrogen-bond acceptors (Lipinski definition) is 5. The van der Waals surface area contributed by atoms with Gasteiger partial charge in [0.1, 0.15) is 6.04 Å². The molecule has 38 heavy (non-hydrogen) atoms. The zero-order valence-electron chi connectivity index (χ0n) is 19.0. The Balaban J connectivity index is 1.38. The predicted molar refractivity (Wildman–Crippen MR) is 126 cm³/mol. The number of halogens is 6. The zero-order chi connectivity index (χ0) is 27.4. The van der Waals surface area contributed by atoms with E-state index >= 15 is 0 Å². The van der Waals surface area contributed by atoms with Crippen LogP contribution in [0.5, 0.6) is 0 Å². The van der Waals surface area contributed by atoms with E-state index in [0.29, 0.717) is 40.7 Å². The number of alkyl halides is 6. The van der Waals surface area contributed by atoms with Crippen molar-refractivity contribution in [2.45, 2.75) is 31.4 Å². The second kappa shape index (κ2) is 9.19. The summed E-state index contributed by atoms with van der Waals surface area (Å²) in [6.07, 6.45) is -6.49. The van der Waals surface area contributed by atoms with Crippen LogP contribution in [0.1, 0.15) is 28.7 Å². The standard InChI is InChI=1S/C24H16F6N4O3S/c25-23(26,27)15-3-2-13(16(9-15)24(28,29)30)11-34-17-4-1-12(7-14(17)10-31-34)8-19-20(35)32-22(38-19)33-6-5-18(33)21(36)37/h1-4,7-10,18H,5-6,11H2,(H,36,37)/t18-/m0/s1. The van der Waals surface area contributed by atoms with Gasteiger partial charge in [0.05, 0.1) is 34.3 Å². The van der Waals surface area contributed by atoms with Crippen molar-refractivity contribution in [1.82, 2.24) is 14.7 Å². The van der Waals surface area contributed by atoms with Crippen LogP contribution >= 0.6 is 11.8 Å². The first kappa shape index (κ1) is 25.8. The van der Waals surface area contributed by atoms with Crippen LogP contribution in [-0.4, -0.2) is 49.4 Å². The maximum absolute atomic E-state index is 13.5. The van der Waals surface area contributed by atoms with Crippen molar-refractivity contribution in [3.63, 3.8) is 0 Å². The lowest BCUT2D eigenvalue weighted by Gasteiger charge is -2.38. The van der Waals surface area contributed by atoms with E-state index in [2.05, 4.69) is 10.1 Å². The monoisotopic (exact) mass is 554 g/mol. The van der Waals surface area contributed by atoms with Crippen LogP contribution in [0, 0.1) is 0 Å². The van der Waals surface area contributed by atoms with Crippen LogP contribution in [0.25, 0.3) is 17.0 Å². The van der Waals surface area contributed by atoms with Crippen molar-refractivity contribution in [3.8, 4) is 0 Å². The Kier molecular flexibility index (Phi) is 6.24. The molecule has 0 saturated carbocycles. The van der Waals surface area contributed by atoms with Crippen LogP contribution in [0.2, 0.25) is 0 Å². The summed E-state index contributed by atoms with van der Waals surface area (Å²) in [6.45, 7) is 0.0620. The van der Waals surface area contributed by atoms with Gasteiger partial charge in [-0.05, 0) is 59.7 Å². The molecule has 3 aromatic rings. The minimum absolute atomic E-state index is 0.0940. The van der Waals surface area contributed by atoms with Gasteiger partial charge < -0.3 is 10.0 Å². The van der Waals surface area contributed by atoms with Crippen molar-refractivity contribution in [2.24, 2.45) is 4.99 Å². The number of likely N-dealkylation sites (tertiary alicyclic amines) is 1. The molecule has 1 fully saturated rings. The molecule has 2 aliphatic heterocycles. The van der Waals surface area contributed by atoms with E-state index in [1.165, 1.54) is 15.8 Å². The quantitative estimate of drug-likeness (QED) is 0.350. The van der Waals surface area contributed by atoms with Crippen LogP contribution < -0.4 is 0 Å². The van der Waals surface area contributed by atoms with Crippen molar-refractivity contribution in [3.05, 3.63) is 69.8 Å². The first-order valence-corrected chi connectivity index (χ1v) is 11.9. The van der Waals surface area contributed by atoms with Gasteiger partial charge in [-0.15, -0.1) is 0 Å². The van der Waals surface area contributed by atoms with Gasteiger partial charge in [-0.2, -0.15) is 36.4 Å². The Hall–Kier alpha value is -3.81. The average Bonchev–Trinajstić information content (AvgIpc) is 3.34. The number of carbonyl (C=O) groups excluding carboxylic acids is 1. The van der Waals surface area contributed by atoms with Crippen LogP contribution in [-0.2, 0) is 28.5 Å². The van der Waals surface area contributed by atoms with Gasteiger partial charge in [-0.3, -0.25) is 9.48 Å². The average molecular weight is 554 g/mol. The minimum atomic E-state index is -4.99. The van der Waals surface area contributed by atoms with Gasteiger partial charge >= 0.3 is 18.3 Å². The molecule has 7 nitrogen and oxygen atoms in total. The molecule has 14 heteroatoms. The maximum atomic E-state index is 13.5. The Morgan fingerprint density at radius 3 is 2.50 bits per heavy atom. The maximum Gasteiger partial charge on any atom is 0.416 e. The fourth-order valence-electron chi connectivity index (χ4n) is 4.18. The lowest BCUT2D eigenvalue weighted by molar-refractivity contribution is -0.145. The van der Waals surface area contributed by atoms with Crippen LogP contribution in [0.4, 0.5) is 26.3 Å². The molecule has 2 aliphatic rings. The van der Waals surface area contributed by atoms with Crippen molar-refractivity contribution in [1.29, 1.82) is 0 Å². The molecule has 0 radical (unpaired) electrons. The number of aromatic nitrogens is 2. The molecule has 5 rings (SSSR count). The molecule has 0 spiro atoms. The zero-order valence-corrected chi connectivity index (χ0v) is 19.9. The number of hydrogen-bond donors (Lipinski definition) is 1. The summed E-state index contributed by atoms with van der Waals surface area (Å²) in [5.41, 5.74) is -2.14. The summed E-state index contributed by atoms with van der Waals surface area (Å²) >= 11 is 1.05. The summed E-state index contributed by atoms with van der Waals surface area (Å²) in [6, 6.07) is 5.61. The Labute approximate surface area is 214 Å². The fourth-order valence-corrected chi connectivity index (χ4v) is 5.17. The van der Waals surface area contributed by atoms with Gasteiger partial charge in [0.2, 0.25) is 0 Å². The second-order valence-corrected chi connectivity index (χ2v) is 9.64. The lowest BCUT2D eigenvalue weighted by Crippen LogP contribution is -2.54. The summed E-state index contributed by atoms with van der Waals surface area (Å²) in [4.78, 5) is 29.4. The molecule has 1 saturated heterocycles. The van der Waals surface area contributed by atoms with Gasteiger partial charge in [-0.25, -0.2) is 4.79 Å². The van der Waals surface area contributed by atoms with Crippen molar-refractivity contribution < 1.29 is 41.0 Å². The molecular formula is C24H16F6N4O3S. The fraction of sp³-hybridized carbons (Fsp3) is 0.250. The highest BCUT2D eigenvalue weighted by Gasteiger charge is 2.40. The van der Waals surface area contributed by atoms with E-state index in [1.54, 1.807) is 24.3 Å². The van der Waals surface area contributed by atoms with Crippen LogP contribution in [0.3, 0.4) is 0 Å². The number of aliphatic imine (C=N–C) groups is 1. The van der Waals surface area contributed by atoms with Crippen molar-refractivity contribution in [2.75, 3.05) is 6.54 Å². The Morgan fingerprint density at radius 2 is 1.87 bits per heavy atom. The first-order valence-electron chi connectivity index (χ1n) is 11.1. The van der Waals surface area contributed by atoms with Gasteiger partial charge in [0.25, 0.3) is 5.91 Å². The number of carbonyl (C=O) groups is 2. The molecule has 0 unspecified atom stereocenters. The van der Waals surface area contributed by atoms with E-state index in [-0.39, 0.29) is 16.5 Å².